The van der Waals surface area contributed by atoms with Crippen molar-refractivity contribution in [2.75, 3.05) is 0 Å². The maximum absolute atomic E-state index is 8.46. The van der Waals surface area contributed by atoms with Crippen molar-refractivity contribution in [1.29, 1.82) is 5.26 Å². The van der Waals surface area contributed by atoms with Crippen molar-refractivity contribution < 1.29 is 0 Å². The summed E-state index contributed by atoms with van der Waals surface area (Å²) in [5, 5.41) is 8.46. The molecule has 0 radical (unpaired) electrons. The number of rotatable bonds is 6. The molecule has 0 atom stereocenters. The lowest BCUT2D eigenvalue weighted by molar-refractivity contribution is 0.757. The molecule has 0 aliphatic heterocycles. The summed E-state index contributed by atoms with van der Waals surface area (Å²) in [5.74, 6) is 0. The van der Waals surface area contributed by atoms with E-state index in [1.165, 1.54) is 18.4 Å². The van der Waals surface area contributed by atoms with E-state index >= 15 is 0 Å². The van der Waals surface area contributed by atoms with Crippen molar-refractivity contribution in [3.63, 3.8) is 0 Å². The quantitative estimate of drug-likeness (QED) is 0.563. The summed E-state index contributed by atoms with van der Waals surface area (Å²) >= 11 is 0. The highest BCUT2D eigenvalue weighted by atomic mass is 14.2. The molecule has 0 rings (SSSR count). The molecule has 1 heteroatoms. The molecule has 0 aliphatic carbocycles. The van der Waals surface area contributed by atoms with Crippen LogP contribution in [0.4, 0.5) is 0 Å². The number of hydrogen-bond acceptors (Lipinski definition) is 1. The van der Waals surface area contributed by atoms with Crippen LogP contribution in [0.1, 0.15) is 52.4 Å². The van der Waals surface area contributed by atoms with E-state index in [1.54, 1.807) is 0 Å². The molecular formula is C12H19N. The van der Waals surface area contributed by atoms with Crippen LogP contribution < -0.4 is 0 Å². The third kappa shape index (κ3) is 7.37. The Morgan fingerprint density at radius 2 is 2.08 bits per heavy atom. The molecule has 0 aromatic rings. The first kappa shape index (κ1) is 12.0. The van der Waals surface area contributed by atoms with E-state index in [0.717, 1.165) is 19.3 Å². The van der Waals surface area contributed by atoms with Crippen molar-refractivity contribution in [3.05, 3.63) is 17.4 Å². The molecule has 0 aromatic carbocycles. The highest BCUT2D eigenvalue weighted by molar-refractivity contribution is 5.03. The summed E-state index contributed by atoms with van der Waals surface area (Å²) in [4.78, 5) is 0. The van der Waals surface area contributed by atoms with Gasteiger partial charge in [0.2, 0.25) is 0 Å². The van der Waals surface area contributed by atoms with Gasteiger partial charge in [-0.2, -0.15) is 5.26 Å². The molecule has 0 unspecified atom stereocenters. The molecule has 0 spiro atoms. The Hall–Kier alpha value is -0.990. The van der Waals surface area contributed by atoms with Crippen LogP contribution in [0, 0.1) is 11.3 Å². The van der Waals surface area contributed by atoms with E-state index in [1.807, 2.05) is 0 Å². The Balaban J connectivity index is 4.04. The topological polar surface area (TPSA) is 23.8 Å². The molecule has 0 amide bonds. The Bertz CT molecular complexity index is 214. The number of nitriles is 1. The average Bonchev–Trinajstić information content (AvgIpc) is 2.17. The Labute approximate surface area is 81.8 Å². The lowest BCUT2D eigenvalue weighted by Crippen LogP contribution is -1.82. The third-order valence-electron chi connectivity index (χ3n) is 1.88. The van der Waals surface area contributed by atoms with Crippen LogP contribution in [0.3, 0.4) is 0 Å². The molecule has 0 saturated heterocycles. The molecule has 13 heavy (non-hydrogen) atoms. The Morgan fingerprint density at radius 1 is 1.31 bits per heavy atom. The third-order valence-corrected chi connectivity index (χ3v) is 1.88. The van der Waals surface area contributed by atoms with Crippen LogP contribution in [0.5, 0.6) is 0 Å². The Morgan fingerprint density at radius 3 is 2.62 bits per heavy atom. The fraction of sp³-hybridized carbons (Fsp3) is 0.667. The summed E-state index contributed by atoms with van der Waals surface area (Å²) in [6, 6.07) is 2.18. The molecule has 0 saturated carbocycles. The monoisotopic (exact) mass is 177 g/mol. The average molecular weight is 177 g/mol. The highest BCUT2D eigenvalue weighted by Crippen LogP contribution is 2.11. The largest absolute Gasteiger partial charge is 0.198 e. The fourth-order valence-corrected chi connectivity index (χ4v) is 1.11. The normalized spacial score (nSPS) is 8.69. The Kier molecular flexibility index (Phi) is 8.41. The SMILES string of the molecule is CCC=C=C(CCC#N)CCCC. The predicted molar refractivity (Wildman–Crippen MR) is 56.3 cm³/mol. The minimum Gasteiger partial charge on any atom is -0.198 e. The van der Waals surface area contributed by atoms with Crippen molar-refractivity contribution in [2.45, 2.75) is 52.4 Å². The maximum atomic E-state index is 8.46. The lowest BCUT2D eigenvalue weighted by atomic mass is 10.1. The van der Waals surface area contributed by atoms with Crippen LogP contribution in [0.2, 0.25) is 0 Å². The number of unbranched alkanes of at least 4 members (excludes halogenated alkanes) is 1. The summed E-state index contributed by atoms with van der Waals surface area (Å²) in [7, 11) is 0. The van der Waals surface area contributed by atoms with Gasteiger partial charge in [-0.05, 0) is 37.3 Å². The van der Waals surface area contributed by atoms with E-state index in [-0.39, 0.29) is 0 Å². The maximum Gasteiger partial charge on any atom is 0.0625 e. The first-order valence-electron chi connectivity index (χ1n) is 5.15. The first-order chi connectivity index (χ1) is 6.35. The zero-order chi connectivity index (χ0) is 9.94. The van der Waals surface area contributed by atoms with Gasteiger partial charge in [-0.15, -0.1) is 5.73 Å². The second-order valence-electron chi connectivity index (χ2n) is 3.12. The van der Waals surface area contributed by atoms with Crippen molar-refractivity contribution in [3.8, 4) is 6.07 Å². The lowest BCUT2D eigenvalue weighted by Gasteiger charge is -1.99. The molecule has 0 aliphatic rings. The highest BCUT2D eigenvalue weighted by Gasteiger charge is 1.94. The van der Waals surface area contributed by atoms with Crippen LogP contribution in [-0.2, 0) is 0 Å². The standard InChI is InChI=1S/C12H19N/c1-3-5-8-12(9-6-4-2)10-7-11-13/h5H,3-4,6-7,9-10H2,1-2H3. The van der Waals surface area contributed by atoms with Crippen LogP contribution in [-0.4, -0.2) is 0 Å². The summed E-state index contributed by atoms with van der Waals surface area (Å²) in [6.07, 6.45) is 8.14. The van der Waals surface area contributed by atoms with E-state index in [4.69, 9.17) is 5.26 Å². The van der Waals surface area contributed by atoms with Crippen LogP contribution >= 0.6 is 0 Å². The molecule has 0 aromatic heterocycles. The van der Waals surface area contributed by atoms with Gasteiger partial charge in [-0.3, -0.25) is 0 Å². The molecule has 0 N–H and O–H groups in total. The number of allylic oxidation sites excluding steroid dienone is 1. The molecule has 0 bridgehead atoms. The number of hydrogen-bond donors (Lipinski definition) is 0. The van der Waals surface area contributed by atoms with E-state index < -0.39 is 0 Å². The van der Waals surface area contributed by atoms with Gasteiger partial charge in [0, 0.05) is 6.42 Å². The fourth-order valence-electron chi connectivity index (χ4n) is 1.11. The number of nitrogens with zero attached hydrogens (tertiary/aromatic N) is 1. The zero-order valence-corrected chi connectivity index (χ0v) is 8.77. The van der Waals surface area contributed by atoms with Crippen LogP contribution in [0.25, 0.3) is 0 Å². The van der Waals surface area contributed by atoms with Gasteiger partial charge >= 0.3 is 0 Å². The van der Waals surface area contributed by atoms with Crippen LogP contribution in [0.15, 0.2) is 17.4 Å². The van der Waals surface area contributed by atoms with E-state index in [9.17, 15) is 0 Å². The smallest absolute Gasteiger partial charge is 0.0625 e. The first-order valence-corrected chi connectivity index (χ1v) is 5.15. The van der Waals surface area contributed by atoms with Gasteiger partial charge < -0.3 is 0 Å². The summed E-state index contributed by atoms with van der Waals surface area (Å²) in [6.45, 7) is 4.29. The van der Waals surface area contributed by atoms with Gasteiger partial charge in [-0.1, -0.05) is 20.3 Å². The molecule has 0 heterocycles. The van der Waals surface area contributed by atoms with Gasteiger partial charge in [-0.25, -0.2) is 0 Å². The molecule has 72 valence electrons. The second kappa shape index (κ2) is 9.10. The predicted octanol–water partition coefficient (Wildman–Crippen LogP) is 3.97. The van der Waals surface area contributed by atoms with Gasteiger partial charge in [0.15, 0.2) is 0 Å². The molecular weight excluding hydrogens is 158 g/mol. The van der Waals surface area contributed by atoms with E-state index in [2.05, 4.69) is 31.7 Å². The van der Waals surface area contributed by atoms with Crippen molar-refractivity contribution in [1.82, 2.24) is 0 Å². The van der Waals surface area contributed by atoms with Gasteiger partial charge in [0.05, 0.1) is 6.07 Å². The molecule has 0 fully saturated rings. The molecule has 1 nitrogen and oxygen atoms in total. The second-order valence-corrected chi connectivity index (χ2v) is 3.12. The minimum absolute atomic E-state index is 0.629. The van der Waals surface area contributed by atoms with Gasteiger partial charge in [0.1, 0.15) is 0 Å². The zero-order valence-electron chi connectivity index (χ0n) is 8.77. The van der Waals surface area contributed by atoms with E-state index in [0.29, 0.717) is 6.42 Å². The summed E-state index contributed by atoms with van der Waals surface area (Å²) in [5.41, 5.74) is 4.59. The van der Waals surface area contributed by atoms with Gasteiger partial charge in [0.25, 0.3) is 0 Å². The minimum atomic E-state index is 0.629. The van der Waals surface area contributed by atoms with Crippen molar-refractivity contribution >= 4 is 0 Å². The summed E-state index contributed by atoms with van der Waals surface area (Å²) < 4.78 is 0. The van der Waals surface area contributed by atoms with Crippen molar-refractivity contribution in [2.24, 2.45) is 0 Å².